The van der Waals surface area contributed by atoms with Gasteiger partial charge in [0.1, 0.15) is 0 Å². The first-order chi connectivity index (χ1) is 8.66. The molecule has 0 aromatic rings. The molecule has 1 aliphatic heterocycles. The van der Waals surface area contributed by atoms with E-state index in [9.17, 15) is 9.59 Å². The second-order valence-electron chi connectivity index (χ2n) is 4.30. The lowest BCUT2D eigenvalue weighted by Crippen LogP contribution is -2.52. The van der Waals surface area contributed by atoms with Crippen molar-refractivity contribution in [2.75, 3.05) is 40.5 Å². The van der Waals surface area contributed by atoms with Gasteiger partial charge >= 0.3 is 0 Å². The molecule has 104 valence electrons. The Hall–Kier alpha value is -0.980. The van der Waals surface area contributed by atoms with E-state index in [0.29, 0.717) is 39.2 Å². The highest BCUT2D eigenvalue weighted by Crippen LogP contribution is 2.10. The third kappa shape index (κ3) is 4.72. The summed E-state index contributed by atoms with van der Waals surface area (Å²) >= 11 is 0. The highest BCUT2D eigenvalue weighted by atomic mass is 16.5. The number of likely N-dealkylation sites (N-methyl/N-ethyl adjacent to an activating group) is 1. The number of methoxy groups -OCH3 is 1. The normalized spacial score (nSPS) is 20.6. The molecule has 0 bridgehead atoms. The second kappa shape index (κ2) is 8.18. The van der Waals surface area contributed by atoms with Crippen LogP contribution in [0.2, 0.25) is 0 Å². The molecular formula is C12H22N2O4. The minimum Gasteiger partial charge on any atom is -0.385 e. The number of carbonyl (C=O) groups excluding carboxylic acids is 2. The lowest BCUT2D eigenvalue weighted by Gasteiger charge is -2.28. The summed E-state index contributed by atoms with van der Waals surface area (Å²) in [5, 5.41) is 3.11. The van der Waals surface area contributed by atoms with Gasteiger partial charge in [0, 0.05) is 40.3 Å². The number of amides is 2. The molecule has 0 radical (unpaired) electrons. The van der Waals surface area contributed by atoms with Crippen LogP contribution in [0.4, 0.5) is 0 Å². The van der Waals surface area contributed by atoms with E-state index in [2.05, 4.69) is 5.32 Å². The number of hydrogen-bond donors (Lipinski definition) is 1. The quantitative estimate of drug-likeness (QED) is 0.481. The maximum absolute atomic E-state index is 11.7. The fourth-order valence-corrected chi connectivity index (χ4v) is 1.82. The van der Waals surface area contributed by atoms with Crippen LogP contribution >= 0.6 is 0 Å². The Balaban J connectivity index is 2.09. The zero-order valence-electron chi connectivity index (χ0n) is 11.1. The van der Waals surface area contributed by atoms with Gasteiger partial charge < -0.3 is 14.8 Å². The monoisotopic (exact) mass is 258 g/mol. The van der Waals surface area contributed by atoms with Crippen molar-refractivity contribution in [3.8, 4) is 0 Å². The van der Waals surface area contributed by atoms with E-state index in [-0.39, 0.29) is 17.9 Å². The van der Waals surface area contributed by atoms with Gasteiger partial charge in [0.15, 0.2) is 0 Å². The van der Waals surface area contributed by atoms with Crippen molar-refractivity contribution in [1.82, 2.24) is 10.2 Å². The minimum atomic E-state index is -0.254. The Bertz CT molecular complexity index is 283. The third-order valence-electron chi connectivity index (χ3n) is 2.92. The van der Waals surface area contributed by atoms with Crippen molar-refractivity contribution in [2.24, 2.45) is 0 Å². The zero-order chi connectivity index (χ0) is 13.4. The van der Waals surface area contributed by atoms with Crippen LogP contribution in [0.25, 0.3) is 0 Å². The molecule has 0 aromatic heterocycles. The summed E-state index contributed by atoms with van der Waals surface area (Å²) in [5.41, 5.74) is 0. The molecule has 0 spiro atoms. The third-order valence-corrected chi connectivity index (χ3v) is 2.92. The fraction of sp³-hybridized carbons (Fsp3) is 0.833. The summed E-state index contributed by atoms with van der Waals surface area (Å²) in [5.74, 6) is -0.250. The van der Waals surface area contributed by atoms with E-state index in [1.54, 1.807) is 7.11 Å². The van der Waals surface area contributed by atoms with Crippen LogP contribution in [-0.4, -0.2) is 63.3 Å². The molecule has 0 aliphatic carbocycles. The van der Waals surface area contributed by atoms with Crippen LogP contribution in [0.15, 0.2) is 0 Å². The number of piperidine rings is 1. The van der Waals surface area contributed by atoms with Gasteiger partial charge in [-0.25, -0.2) is 0 Å². The van der Waals surface area contributed by atoms with Crippen molar-refractivity contribution in [1.29, 1.82) is 0 Å². The first kappa shape index (κ1) is 15.1. The largest absolute Gasteiger partial charge is 0.385 e. The summed E-state index contributed by atoms with van der Waals surface area (Å²) in [4.78, 5) is 24.2. The average molecular weight is 258 g/mol. The molecule has 6 nitrogen and oxygen atoms in total. The van der Waals surface area contributed by atoms with Crippen LogP contribution in [0.5, 0.6) is 0 Å². The smallest absolute Gasteiger partial charge is 0.246 e. The van der Waals surface area contributed by atoms with Crippen molar-refractivity contribution < 1.29 is 19.1 Å². The number of nitrogens with one attached hydrogen (secondary N) is 1. The number of hydrogen-bond acceptors (Lipinski definition) is 5. The number of likely N-dealkylation sites (tertiary alicyclic amines) is 1. The predicted molar refractivity (Wildman–Crippen MR) is 66.1 cm³/mol. The molecule has 1 N–H and O–H groups in total. The van der Waals surface area contributed by atoms with Gasteiger partial charge in [-0.2, -0.15) is 0 Å². The van der Waals surface area contributed by atoms with Crippen molar-refractivity contribution in [3.05, 3.63) is 0 Å². The Morgan fingerprint density at radius 3 is 2.83 bits per heavy atom. The van der Waals surface area contributed by atoms with Crippen molar-refractivity contribution >= 4 is 11.8 Å². The Morgan fingerprint density at radius 1 is 1.33 bits per heavy atom. The van der Waals surface area contributed by atoms with E-state index in [0.717, 1.165) is 6.42 Å². The molecule has 1 saturated heterocycles. The minimum absolute atomic E-state index is 0.103. The molecular weight excluding hydrogens is 236 g/mol. The highest BCUT2D eigenvalue weighted by molar-refractivity contribution is 6.00. The molecule has 1 fully saturated rings. The standard InChI is InChI=1S/C12H22N2O4/c1-14-11(15)5-4-10(12(14)16)13-6-9-18-8-3-7-17-2/h10,13H,3-9H2,1-2H3. The Morgan fingerprint density at radius 2 is 2.11 bits per heavy atom. The zero-order valence-corrected chi connectivity index (χ0v) is 11.1. The molecule has 18 heavy (non-hydrogen) atoms. The maximum atomic E-state index is 11.7. The van der Waals surface area contributed by atoms with E-state index in [4.69, 9.17) is 9.47 Å². The van der Waals surface area contributed by atoms with Crippen LogP contribution in [0, 0.1) is 0 Å². The lowest BCUT2D eigenvalue weighted by molar-refractivity contribution is -0.148. The number of ether oxygens (including phenoxy) is 2. The van der Waals surface area contributed by atoms with Crippen molar-refractivity contribution in [3.63, 3.8) is 0 Å². The average Bonchev–Trinajstić information content (AvgIpc) is 2.37. The van der Waals surface area contributed by atoms with Gasteiger partial charge in [0.05, 0.1) is 12.6 Å². The number of imide groups is 1. The molecule has 6 heteroatoms. The van der Waals surface area contributed by atoms with Crippen LogP contribution in [0.3, 0.4) is 0 Å². The van der Waals surface area contributed by atoms with Gasteiger partial charge in [-0.05, 0) is 12.8 Å². The molecule has 1 heterocycles. The van der Waals surface area contributed by atoms with E-state index in [1.807, 2.05) is 0 Å². The highest BCUT2D eigenvalue weighted by Gasteiger charge is 2.30. The Kier molecular flexibility index (Phi) is 6.85. The summed E-state index contributed by atoms with van der Waals surface area (Å²) in [6, 6.07) is -0.254. The summed E-state index contributed by atoms with van der Waals surface area (Å²) in [6.07, 6.45) is 1.87. The summed E-state index contributed by atoms with van der Waals surface area (Å²) in [7, 11) is 3.19. The van der Waals surface area contributed by atoms with Gasteiger partial charge in [0.2, 0.25) is 11.8 Å². The summed E-state index contributed by atoms with van der Waals surface area (Å²) < 4.78 is 10.3. The van der Waals surface area contributed by atoms with Gasteiger partial charge in [-0.1, -0.05) is 0 Å². The van der Waals surface area contributed by atoms with Gasteiger partial charge in [-0.3, -0.25) is 14.5 Å². The molecule has 2 amide bonds. The van der Waals surface area contributed by atoms with Gasteiger partial charge in [0.25, 0.3) is 0 Å². The van der Waals surface area contributed by atoms with Crippen LogP contribution in [0.1, 0.15) is 19.3 Å². The van der Waals surface area contributed by atoms with Crippen LogP contribution < -0.4 is 5.32 Å². The Labute approximate surface area is 108 Å². The summed E-state index contributed by atoms with van der Waals surface area (Å²) in [6.45, 7) is 2.53. The topological polar surface area (TPSA) is 67.9 Å². The molecule has 1 rings (SSSR count). The maximum Gasteiger partial charge on any atom is 0.246 e. The van der Waals surface area contributed by atoms with E-state index in [1.165, 1.54) is 11.9 Å². The second-order valence-corrected chi connectivity index (χ2v) is 4.30. The molecule has 1 aliphatic rings. The van der Waals surface area contributed by atoms with Gasteiger partial charge in [-0.15, -0.1) is 0 Å². The number of carbonyl (C=O) groups is 2. The number of nitrogens with zero attached hydrogens (tertiary/aromatic N) is 1. The lowest BCUT2D eigenvalue weighted by atomic mass is 10.0. The first-order valence-electron chi connectivity index (χ1n) is 6.27. The fourth-order valence-electron chi connectivity index (χ4n) is 1.82. The van der Waals surface area contributed by atoms with Crippen LogP contribution in [-0.2, 0) is 19.1 Å². The first-order valence-corrected chi connectivity index (χ1v) is 6.27. The molecule has 1 unspecified atom stereocenters. The SMILES string of the molecule is COCCCOCCNC1CCC(=O)N(C)C1=O. The molecule has 0 aromatic carbocycles. The van der Waals surface area contributed by atoms with E-state index >= 15 is 0 Å². The van der Waals surface area contributed by atoms with E-state index < -0.39 is 0 Å². The molecule has 1 atom stereocenters. The molecule has 0 saturated carbocycles. The van der Waals surface area contributed by atoms with Crippen molar-refractivity contribution in [2.45, 2.75) is 25.3 Å². The number of rotatable bonds is 8. The predicted octanol–water partition coefficient (Wildman–Crippen LogP) is -0.223.